The van der Waals surface area contributed by atoms with Gasteiger partial charge in [0.15, 0.2) is 0 Å². The van der Waals surface area contributed by atoms with Gasteiger partial charge in [0.25, 0.3) is 0 Å². The lowest BCUT2D eigenvalue weighted by Gasteiger charge is -2.39. The molecule has 0 nitrogen and oxygen atoms in total. The number of benzene rings is 11. The maximum atomic E-state index is 2.43. The van der Waals surface area contributed by atoms with E-state index in [1.165, 1.54) is 144 Å². The lowest BCUT2D eigenvalue weighted by atomic mass is 9.34. The van der Waals surface area contributed by atoms with Gasteiger partial charge in [0.1, 0.15) is 0 Å². The van der Waals surface area contributed by atoms with Crippen molar-refractivity contribution in [2.75, 3.05) is 0 Å². The van der Waals surface area contributed by atoms with Crippen LogP contribution in [-0.4, -0.2) is 13.4 Å². The van der Waals surface area contributed by atoms with Crippen LogP contribution in [-0.2, 0) is 10.8 Å². The standard InChI is InChI=1S/C80H76B2/c1-53-45-57(5)75(58(6)46-53)81(76-59(7)47-54(2)48-60(76)8)73-41-37-71(38-42-73)79(65-25-17-13-18-26-65,66-27-19-14-20-28-66)69-33-35-70(36-34-69)80(67-29-21-15-22-30-67,68-31-23-16-24-32-68)72-39-43-74(44-40-72)82(77-61(9)49-55(3)50-62(77)10)78-63(11)51-56(4)52-64(78)12/h13-52H,1-12H3. The molecule has 11 rings (SSSR count). The Kier molecular flexibility index (Phi) is 15.4. The molecule has 11 aromatic carbocycles. The molecule has 0 aliphatic heterocycles. The summed E-state index contributed by atoms with van der Waals surface area (Å²) < 4.78 is 0. The summed E-state index contributed by atoms with van der Waals surface area (Å²) in [5.41, 5.74) is 32.4. The second kappa shape index (κ2) is 22.8. The summed E-state index contributed by atoms with van der Waals surface area (Å²) in [6, 6.07) is 92.8. The van der Waals surface area contributed by atoms with Crippen LogP contribution in [0.3, 0.4) is 0 Å². The molecule has 11 aromatic rings. The molecule has 0 fully saturated rings. The van der Waals surface area contributed by atoms with Gasteiger partial charge in [-0.3, -0.25) is 0 Å². The molecule has 0 saturated carbocycles. The number of rotatable bonds is 14. The van der Waals surface area contributed by atoms with Crippen molar-refractivity contribution in [1.29, 1.82) is 0 Å². The molecule has 0 aromatic heterocycles. The molecule has 0 atom stereocenters. The highest BCUT2D eigenvalue weighted by Crippen LogP contribution is 2.48. The van der Waals surface area contributed by atoms with Gasteiger partial charge in [-0.2, -0.15) is 0 Å². The molecule has 0 spiro atoms. The van der Waals surface area contributed by atoms with Gasteiger partial charge in [0.05, 0.1) is 10.8 Å². The first-order valence-corrected chi connectivity index (χ1v) is 29.5. The second-order valence-electron chi connectivity index (χ2n) is 23.9. The zero-order valence-corrected chi connectivity index (χ0v) is 50.2. The third-order valence-electron chi connectivity index (χ3n) is 18.0. The molecule has 0 unspecified atom stereocenters. The van der Waals surface area contributed by atoms with E-state index in [1.54, 1.807) is 0 Å². The number of aryl methyl sites for hydroxylation is 12. The Bertz CT molecular complexity index is 3510. The van der Waals surface area contributed by atoms with E-state index in [2.05, 4.69) is 326 Å². The van der Waals surface area contributed by atoms with E-state index in [9.17, 15) is 0 Å². The fourth-order valence-corrected chi connectivity index (χ4v) is 15.1. The van der Waals surface area contributed by atoms with Gasteiger partial charge in [-0.05, 0) is 128 Å². The predicted octanol–water partition coefficient (Wildman–Crippen LogP) is 15.2. The fourth-order valence-electron chi connectivity index (χ4n) is 15.1. The van der Waals surface area contributed by atoms with Crippen molar-refractivity contribution in [1.82, 2.24) is 0 Å². The topological polar surface area (TPSA) is 0 Å². The van der Waals surface area contributed by atoms with Crippen LogP contribution in [0.15, 0.2) is 243 Å². The highest BCUT2D eigenvalue weighted by Gasteiger charge is 2.42. The van der Waals surface area contributed by atoms with E-state index in [1.807, 2.05) is 0 Å². The molecular weight excluding hydrogens is 983 g/mol. The average Bonchev–Trinajstić information content (AvgIpc) is 3.07. The molecule has 402 valence electrons. The van der Waals surface area contributed by atoms with Crippen LogP contribution in [0.25, 0.3) is 0 Å². The minimum atomic E-state index is -0.669. The van der Waals surface area contributed by atoms with Crippen LogP contribution in [0, 0.1) is 83.1 Å². The van der Waals surface area contributed by atoms with Crippen molar-refractivity contribution in [2.45, 2.75) is 93.9 Å². The fraction of sp³-hybridized carbons (Fsp3) is 0.175. The third-order valence-corrected chi connectivity index (χ3v) is 18.0. The van der Waals surface area contributed by atoms with Gasteiger partial charge in [-0.1, -0.05) is 342 Å². The zero-order chi connectivity index (χ0) is 57.5. The summed E-state index contributed by atoms with van der Waals surface area (Å²) in [4.78, 5) is 0. The number of hydrogen-bond donors (Lipinski definition) is 0. The zero-order valence-electron chi connectivity index (χ0n) is 50.2. The normalized spacial score (nSPS) is 11.7. The van der Waals surface area contributed by atoms with E-state index in [0.717, 1.165) is 0 Å². The summed E-state index contributed by atoms with van der Waals surface area (Å²) in [6.07, 6.45) is 0. The van der Waals surface area contributed by atoms with Gasteiger partial charge < -0.3 is 0 Å². The largest absolute Gasteiger partial charge is 0.242 e. The molecular formula is C80H76B2. The van der Waals surface area contributed by atoms with Crippen molar-refractivity contribution in [3.8, 4) is 0 Å². The summed E-state index contributed by atoms with van der Waals surface area (Å²) in [7, 11) is 0. The van der Waals surface area contributed by atoms with Crippen molar-refractivity contribution in [2.24, 2.45) is 0 Å². The van der Waals surface area contributed by atoms with E-state index in [-0.39, 0.29) is 13.4 Å². The Labute approximate surface area is 491 Å². The average molecular weight is 1060 g/mol. The van der Waals surface area contributed by atoms with Crippen LogP contribution >= 0.6 is 0 Å². The molecule has 0 bridgehead atoms. The Hall–Kier alpha value is -8.45. The van der Waals surface area contributed by atoms with Crippen molar-refractivity contribution in [3.05, 3.63) is 354 Å². The van der Waals surface area contributed by atoms with Crippen LogP contribution in [0.4, 0.5) is 0 Å². The van der Waals surface area contributed by atoms with E-state index in [0.29, 0.717) is 0 Å². The smallest absolute Gasteiger partial charge is 0.0686 e. The molecule has 0 aliphatic carbocycles. The van der Waals surface area contributed by atoms with Crippen molar-refractivity contribution in [3.63, 3.8) is 0 Å². The molecule has 0 heterocycles. The van der Waals surface area contributed by atoms with Gasteiger partial charge in [0.2, 0.25) is 13.4 Å². The minimum absolute atomic E-state index is 0.0631. The van der Waals surface area contributed by atoms with Gasteiger partial charge >= 0.3 is 0 Å². The summed E-state index contributed by atoms with van der Waals surface area (Å²) in [5, 5.41) is 0. The first-order valence-electron chi connectivity index (χ1n) is 29.5. The molecule has 0 aliphatic rings. The monoisotopic (exact) mass is 1060 g/mol. The third kappa shape index (κ3) is 9.91. The Morgan fingerprint density at radius 3 is 0.537 bits per heavy atom. The minimum Gasteiger partial charge on any atom is -0.0686 e. The lowest BCUT2D eigenvalue weighted by Crippen LogP contribution is -2.56. The summed E-state index contributed by atoms with van der Waals surface area (Å²) in [6.45, 7) is 27.4. The second-order valence-corrected chi connectivity index (χ2v) is 23.9. The molecule has 0 saturated heterocycles. The molecule has 0 N–H and O–H groups in total. The Morgan fingerprint density at radius 1 is 0.195 bits per heavy atom. The highest BCUT2D eigenvalue weighted by atomic mass is 14.4. The van der Waals surface area contributed by atoms with Crippen LogP contribution < -0.4 is 32.8 Å². The lowest BCUT2D eigenvalue weighted by molar-refractivity contribution is 0.728. The van der Waals surface area contributed by atoms with Crippen molar-refractivity contribution >= 4 is 46.2 Å². The highest BCUT2D eigenvalue weighted by molar-refractivity contribution is 6.97. The van der Waals surface area contributed by atoms with E-state index in [4.69, 9.17) is 0 Å². The van der Waals surface area contributed by atoms with Gasteiger partial charge in [0, 0.05) is 0 Å². The van der Waals surface area contributed by atoms with Crippen LogP contribution in [0.5, 0.6) is 0 Å². The quantitative estimate of drug-likeness (QED) is 0.0752. The first kappa shape index (κ1) is 55.5. The first-order chi connectivity index (χ1) is 39.6. The van der Waals surface area contributed by atoms with Crippen LogP contribution in [0.1, 0.15) is 111 Å². The van der Waals surface area contributed by atoms with Crippen LogP contribution in [0.2, 0.25) is 0 Å². The van der Waals surface area contributed by atoms with Gasteiger partial charge in [-0.25, -0.2) is 0 Å². The summed E-state index contributed by atoms with van der Waals surface area (Å²) in [5.74, 6) is 0. The number of hydrogen-bond acceptors (Lipinski definition) is 0. The van der Waals surface area contributed by atoms with E-state index < -0.39 is 10.8 Å². The summed E-state index contributed by atoms with van der Waals surface area (Å²) >= 11 is 0. The SMILES string of the molecule is Cc1cc(C)c(B(c2ccc(C(c3ccccc3)(c3ccccc3)c3ccc(C(c4ccccc4)(c4ccccc4)c4ccc(B(c5c(C)cc(C)cc5C)c5c(C)cc(C)cc5C)cc4)cc3)cc2)c2c(C)cc(C)cc2C)c(C)c1. The molecule has 0 amide bonds. The van der Waals surface area contributed by atoms with Gasteiger partial charge in [-0.15, -0.1) is 0 Å². The Morgan fingerprint density at radius 2 is 0.354 bits per heavy atom. The van der Waals surface area contributed by atoms with Crippen molar-refractivity contribution < 1.29 is 0 Å². The maximum Gasteiger partial charge on any atom is 0.242 e. The Balaban J connectivity index is 1.12. The van der Waals surface area contributed by atoms with E-state index >= 15 is 0 Å². The predicted molar refractivity (Wildman–Crippen MR) is 355 cm³/mol. The molecule has 2 heteroatoms. The molecule has 82 heavy (non-hydrogen) atoms. The molecule has 0 radical (unpaired) electrons. The maximum absolute atomic E-state index is 2.43.